The van der Waals surface area contributed by atoms with Crippen molar-refractivity contribution in [1.29, 1.82) is 0 Å². The highest BCUT2D eigenvalue weighted by atomic mass is 35.5. The van der Waals surface area contributed by atoms with Gasteiger partial charge in [-0.15, -0.1) is 11.8 Å². The number of carbonyl (C=O) groups excluding carboxylic acids is 2. The highest BCUT2D eigenvalue weighted by Gasteiger charge is 2.25. The molecule has 0 atom stereocenters. The molecule has 3 aromatic rings. The fraction of sp³-hybridized carbons (Fsp3) is 0.280. The van der Waals surface area contributed by atoms with Crippen LogP contribution in [0.3, 0.4) is 0 Å². The van der Waals surface area contributed by atoms with E-state index >= 15 is 0 Å². The van der Waals surface area contributed by atoms with Gasteiger partial charge in [-0.3, -0.25) is 9.59 Å². The predicted octanol–water partition coefficient (Wildman–Crippen LogP) is 4.51. The van der Waals surface area contributed by atoms with Crippen molar-refractivity contribution in [2.45, 2.75) is 23.8 Å². The molecule has 182 valence electrons. The summed E-state index contributed by atoms with van der Waals surface area (Å²) in [6.07, 6.45) is 6.71. The number of aromatic nitrogens is 2. The Morgan fingerprint density at radius 2 is 1.97 bits per heavy atom. The van der Waals surface area contributed by atoms with Crippen molar-refractivity contribution in [3.8, 4) is 5.75 Å². The molecule has 1 fully saturated rings. The minimum atomic E-state index is -0.487. The molecular formula is C25H26ClN5O3S. The van der Waals surface area contributed by atoms with Gasteiger partial charge in [0, 0.05) is 24.3 Å². The molecule has 1 aliphatic heterocycles. The lowest BCUT2D eigenvalue weighted by Crippen LogP contribution is -2.35. The summed E-state index contributed by atoms with van der Waals surface area (Å²) in [5, 5.41) is 6.48. The largest absolute Gasteiger partial charge is 0.489 e. The molecule has 0 unspecified atom stereocenters. The van der Waals surface area contributed by atoms with Crippen molar-refractivity contribution in [1.82, 2.24) is 15.3 Å². The fourth-order valence-electron chi connectivity index (χ4n) is 3.75. The summed E-state index contributed by atoms with van der Waals surface area (Å²) in [5.41, 5.74) is 0.894. The van der Waals surface area contributed by atoms with Crippen LogP contribution in [0.15, 0.2) is 59.8 Å². The van der Waals surface area contributed by atoms with Crippen molar-refractivity contribution >= 4 is 46.7 Å². The van der Waals surface area contributed by atoms with E-state index in [1.165, 1.54) is 17.3 Å². The van der Waals surface area contributed by atoms with Crippen LogP contribution in [0.25, 0.3) is 0 Å². The average molecular weight is 512 g/mol. The quantitative estimate of drug-likeness (QED) is 0.450. The molecule has 35 heavy (non-hydrogen) atoms. The molecule has 0 radical (unpaired) electrons. The third-order valence-electron chi connectivity index (χ3n) is 5.64. The number of anilines is 2. The number of amides is 2. The molecule has 1 saturated heterocycles. The maximum Gasteiger partial charge on any atom is 0.277 e. The predicted molar refractivity (Wildman–Crippen MR) is 139 cm³/mol. The summed E-state index contributed by atoms with van der Waals surface area (Å²) in [6.45, 7) is 1.76. The Kier molecular flexibility index (Phi) is 8.22. The first-order valence-electron chi connectivity index (χ1n) is 11.2. The van der Waals surface area contributed by atoms with Crippen LogP contribution in [0.5, 0.6) is 5.75 Å². The first-order valence-corrected chi connectivity index (χ1v) is 12.8. The van der Waals surface area contributed by atoms with E-state index in [4.69, 9.17) is 16.3 Å². The lowest BCUT2D eigenvalue weighted by atomic mass is 10.1. The van der Waals surface area contributed by atoms with Gasteiger partial charge in [-0.05, 0) is 74.7 Å². The van der Waals surface area contributed by atoms with Crippen molar-refractivity contribution in [3.63, 3.8) is 0 Å². The third kappa shape index (κ3) is 6.11. The molecule has 4 rings (SSSR count). The molecule has 8 nitrogen and oxygen atoms in total. The molecule has 1 aliphatic rings. The van der Waals surface area contributed by atoms with Crippen LogP contribution in [0.2, 0.25) is 5.02 Å². The number of ether oxygens (including phenoxy) is 1. The number of piperidine rings is 1. The Hall–Kier alpha value is -3.14. The molecule has 0 aliphatic carbocycles. The second kappa shape index (κ2) is 11.5. The molecule has 2 N–H and O–H groups in total. The van der Waals surface area contributed by atoms with Gasteiger partial charge >= 0.3 is 0 Å². The van der Waals surface area contributed by atoms with Gasteiger partial charge in [0.2, 0.25) is 0 Å². The maximum atomic E-state index is 13.6. The van der Waals surface area contributed by atoms with E-state index in [0.717, 1.165) is 30.8 Å². The standard InChI is InChI=1S/C25H26ClN5O3S/c1-31(20-4-3-11-28-23(20)24(32)30-22-8-5-16(26)15-29-22)25(33)19-7-6-18(35-2)14-21(19)34-17-9-12-27-13-10-17/h3-8,11,14-15,17,27H,9-10,12-13H2,1-2H3,(H,29,30,32). The van der Waals surface area contributed by atoms with Crippen LogP contribution in [0.1, 0.15) is 33.7 Å². The molecule has 2 aromatic heterocycles. The van der Waals surface area contributed by atoms with Crippen LogP contribution in [0, 0.1) is 0 Å². The van der Waals surface area contributed by atoms with E-state index in [1.807, 2.05) is 18.4 Å². The Morgan fingerprint density at radius 1 is 1.17 bits per heavy atom. The summed E-state index contributed by atoms with van der Waals surface area (Å²) < 4.78 is 6.29. The second-order valence-electron chi connectivity index (χ2n) is 7.98. The summed E-state index contributed by atoms with van der Waals surface area (Å²) in [7, 11) is 1.62. The van der Waals surface area contributed by atoms with E-state index in [9.17, 15) is 9.59 Å². The molecule has 0 bridgehead atoms. The lowest BCUT2D eigenvalue weighted by molar-refractivity contribution is 0.0981. The topological polar surface area (TPSA) is 96.5 Å². The lowest BCUT2D eigenvalue weighted by Gasteiger charge is -2.26. The van der Waals surface area contributed by atoms with Crippen LogP contribution in [-0.4, -0.2) is 54.3 Å². The number of nitrogens with one attached hydrogen (secondary N) is 2. The normalized spacial score (nSPS) is 13.8. The minimum Gasteiger partial charge on any atom is -0.489 e. The zero-order valence-corrected chi connectivity index (χ0v) is 21.0. The van der Waals surface area contributed by atoms with E-state index in [1.54, 1.807) is 49.1 Å². The smallest absolute Gasteiger partial charge is 0.277 e. The first-order chi connectivity index (χ1) is 17.0. The van der Waals surface area contributed by atoms with Crippen molar-refractivity contribution in [3.05, 3.63) is 71.1 Å². The monoisotopic (exact) mass is 511 g/mol. The fourth-order valence-corrected chi connectivity index (χ4v) is 4.30. The van der Waals surface area contributed by atoms with Gasteiger partial charge in [-0.2, -0.15) is 0 Å². The highest BCUT2D eigenvalue weighted by Crippen LogP contribution is 2.30. The first kappa shape index (κ1) is 25.0. The number of carbonyl (C=O) groups is 2. The van der Waals surface area contributed by atoms with E-state index in [0.29, 0.717) is 27.8 Å². The summed E-state index contributed by atoms with van der Waals surface area (Å²) in [6, 6.07) is 12.1. The van der Waals surface area contributed by atoms with E-state index in [-0.39, 0.29) is 17.7 Å². The number of benzene rings is 1. The Bertz CT molecular complexity index is 1200. The average Bonchev–Trinajstić information content (AvgIpc) is 2.89. The number of thioether (sulfide) groups is 1. The number of pyridine rings is 2. The molecule has 1 aromatic carbocycles. The molecular weight excluding hydrogens is 486 g/mol. The van der Waals surface area contributed by atoms with Crippen molar-refractivity contribution in [2.75, 3.05) is 36.6 Å². The second-order valence-corrected chi connectivity index (χ2v) is 9.30. The van der Waals surface area contributed by atoms with Crippen LogP contribution < -0.4 is 20.3 Å². The Balaban J connectivity index is 1.60. The number of hydrogen-bond acceptors (Lipinski definition) is 7. The van der Waals surface area contributed by atoms with Gasteiger partial charge in [0.1, 0.15) is 17.7 Å². The van der Waals surface area contributed by atoms with Gasteiger partial charge in [0.25, 0.3) is 11.8 Å². The Morgan fingerprint density at radius 3 is 2.69 bits per heavy atom. The molecule has 0 spiro atoms. The number of halogens is 1. The van der Waals surface area contributed by atoms with Crippen LogP contribution in [-0.2, 0) is 0 Å². The van der Waals surface area contributed by atoms with Crippen molar-refractivity contribution in [2.24, 2.45) is 0 Å². The van der Waals surface area contributed by atoms with Gasteiger partial charge < -0.3 is 20.3 Å². The van der Waals surface area contributed by atoms with Crippen LogP contribution in [0.4, 0.5) is 11.5 Å². The zero-order chi connectivity index (χ0) is 24.8. The zero-order valence-electron chi connectivity index (χ0n) is 19.5. The Labute approximate surface area is 213 Å². The molecule has 3 heterocycles. The van der Waals surface area contributed by atoms with Gasteiger partial charge in [0.15, 0.2) is 5.69 Å². The third-order valence-corrected chi connectivity index (χ3v) is 6.58. The summed E-state index contributed by atoms with van der Waals surface area (Å²) in [5.74, 6) is 0.0865. The summed E-state index contributed by atoms with van der Waals surface area (Å²) in [4.78, 5) is 37.3. The highest BCUT2D eigenvalue weighted by molar-refractivity contribution is 7.98. The summed E-state index contributed by atoms with van der Waals surface area (Å²) >= 11 is 7.46. The van der Waals surface area contributed by atoms with Crippen LogP contribution >= 0.6 is 23.4 Å². The minimum absolute atomic E-state index is 0.0387. The SMILES string of the molecule is CSc1ccc(C(=O)N(C)c2cccnc2C(=O)Nc2ccc(Cl)cn2)c(OC2CCNCC2)c1. The van der Waals surface area contributed by atoms with Gasteiger partial charge in [-0.25, -0.2) is 9.97 Å². The molecule has 0 saturated carbocycles. The van der Waals surface area contributed by atoms with Gasteiger partial charge in [0.05, 0.1) is 16.3 Å². The number of nitrogens with zero attached hydrogens (tertiary/aromatic N) is 3. The van der Waals surface area contributed by atoms with E-state index < -0.39 is 5.91 Å². The molecule has 10 heteroatoms. The molecule has 2 amide bonds. The van der Waals surface area contributed by atoms with Crippen molar-refractivity contribution < 1.29 is 14.3 Å². The van der Waals surface area contributed by atoms with Gasteiger partial charge in [-0.1, -0.05) is 11.6 Å². The maximum absolute atomic E-state index is 13.6. The van der Waals surface area contributed by atoms with E-state index in [2.05, 4.69) is 20.6 Å². The number of hydrogen-bond donors (Lipinski definition) is 2. The number of rotatable bonds is 7.